The number of carbonyl (C=O) groups is 1. The van der Waals surface area contributed by atoms with Crippen molar-refractivity contribution in [3.05, 3.63) is 66.2 Å². The minimum atomic E-state index is -0.387. The van der Waals surface area contributed by atoms with Crippen LogP contribution in [0.25, 0.3) is 11.3 Å². The van der Waals surface area contributed by atoms with Crippen LogP contribution in [0.3, 0.4) is 0 Å². The summed E-state index contributed by atoms with van der Waals surface area (Å²) in [6.07, 6.45) is 3.53. The Morgan fingerprint density at radius 2 is 1.69 bits per heavy atom. The number of carbonyl (C=O) groups excluding carboxylic acids is 1. The SMILES string of the molecule is COC(=O)c1ccccc1Nc1cc(-c2ccccc2)nc(N2CCCCC2)n1. The van der Waals surface area contributed by atoms with Gasteiger partial charge in [-0.3, -0.25) is 0 Å². The molecular formula is C23H24N4O2. The van der Waals surface area contributed by atoms with Gasteiger partial charge in [0.2, 0.25) is 5.95 Å². The highest BCUT2D eigenvalue weighted by Crippen LogP contribution is 2.27. The summed E-state index contributed by atoms with van der Waals surface area (Å²) in [7, 11) is 1.38. The number of benzene rings is 2. The second kappa shape index (κ2) is 8.73. The third kappa shape index (κ3) is 4.37. The molecule has 1 saturated heterocycles. The van der Waals surface area contributed by atoms with Crippen LogP contribution < -0.4 is 10.2 Å². The van der Waals surface area contributed by atoms with Gasteiger partial charge in [0.05, 0.1) is 24.1 Å². The van der Waals surface area contributed by atoms with Crippen LogP contribution in [0.2, 0.25) is 0 Å². The maximum absolute atomic E-state index is 12.1. The van der Waals surface area contributed by atoms with Gasteiger partial charge in [-0.1, -0.05) is 42.5 Å². The molecule has 2 heterocycles. The van der Waals surface area contributed by atoms with Gasteiger partial charge in [-0.25, -0.2) is 9.78 Å². The van der Waals surface area contributed by atoms with Crippen LogP contribution in [0.5, 0.6) is 0 Å². The van der Waals surface area contributed by atoms with Gasteiger partial charge in [-0.2, -0.15) is 4.98 Å². The van der Waals surface area contributed by atoms with E-state index >= 15 is 0 Å². The average Bonchev–Trinajstić information content (AvgIpc) is 2.80. The highest BCUT2D eigenvalue weighted by atomic mass is 16.5. The zero-order valence-corrected chi connectivity index (χ0v) is 16.5. The van der Waals surface area contributed by atoms with Crippen LogP contribution in [0, 0.1) is 0 Å². The normalized spacial score (nSPS) is 13.8. The zero-order chi connectivity index (χ0) is 20.1. The number of nitrogens with one attached hydrogen (secondary N) is 1. The number of aromatic nitrogens is 2. The maximum atomic E-state index is 12.1. The van der Waals surface area contributed by atoms with Crippen LogP contribution in [-0.2, 0) is 4.74 Å². The largest absolute Gasteiger partial charge is 0.465 e. The van der Waals surface area contributed by atoms with E-state index in [1.807, 2.05) is 54.6 Å². The van der Waals surface area contributed by atoms with E-state index in [1.165, 1.54) is 13.5 Å². The highest BCUT2D eigenvalue weighted by Gasteiger charge is 2.17. The summed E-state index contributed by atoms with van der Waals surface area (Å²) in [5.41, 5.74) is 2.99. The van der Waals surface area contributed by atoms with E-state index in [2.05, 4.69) is 10.2 Å². The Morgan fingerprint density at radius 3 is 2.45 bits per heavy atom. The first-order valence-corrected chi connectivity index (χ1v) is 9.88. The number of piperidine rings is 1. The van der Waals surface area contributed by atoms with Crippen molar-refractivity contribution in [3.63, 3.8) is 0 Å². The predicted octanol–water partition coefficient (Wildman–Crippen LogP) is 4.66. The number of para-hydroxylation sites is 1. The molecule has 0 atom stereocenters. The second-order valence-electron chi connectivity index (χ2n) is 7.01. The standard InChI is InChI=1S/C23H24N4O2/c1-29-22(28)18-12-6-7-13-19(18)24-21-16-20(17-10-4-2-5-11-17)25-23(26-21)27-14-8-3-9-15-27/h2,4-7,10-13,16H,3,8-9,14-15H2,1H3,(H,24,25,26). The van der Waals surface area contributed by atoms with E-state index in [4.69, 9.17) is 14.7 Å². The first kappa shape index (κ1) is 18.9. The number of rotatable bonds is 5. The lowest BCUT2D eigenvalue weighted by molar-refractivity contribution is 0.0602. The Balaban J connectivity index is 1.74. The quantitative estimate of drug-likeness (QED) is 0.641. The van der Waals surface area contributed by atoms with Crippen molar-refractivity contribution >= 4 is 23.4 Å². The Bertz CT molecular complexity index is 985. The van der Waals surface area contributed by atoms with Crippen LogP contribution in [-0.4, -0.2) is 36.1 Å². The van der Waals surface area contributed by atoms with Gasteiger partial charge in [0.15, 0.2) is 0 Å². The fraction of sp³-hybridized carbons (Fsp3) is 0.261. The van der Waals surface area contributed by atoms with Crippen molar-refractivity contribution in [1.29, 1.82) is 0 Å². The maximum Gasteiger partial charge on any atom is 0.339 e. The van der Waals surface area contributed by atoms with E-state index in [9.17, 15) is 4.79 Å². The molecule has 0 radical (unpaired) electrons. The van der Waals surface area contributed by atoms with Crippen molar-refractivity contribution < 1.29 is 9.53 Å². The molecule has 29 heavy (non-hydrogen) atoms. The number of nitrogens with zero attached hydrogens (tertiary/aromatic N) is 3. The Hall–Kier alpha value is -3.41. The van der Waals surface area contributed by atoms with Crippen LogP contribution in [0.1, 0.15) is 29.6 Å². The molecule has 0 bridgehead atoms. The molecule has 4 rings (SSSR count). The summed E-state index contributed by atoms with van der Waals surface area (Å²) >= 11 is 0. The smallest absolute Gasteiger partial charge is 0.339 e. The lowest BCUT2D eigenvalue weighted by Crippen LogP contribution is -2.31. The van der Waals surface area contributed by atoms with Crippen LogP contribution in [0.4, 0.5) is 17.5 Å². The fourth-order valence-electron chi connectivity index (χ4n) is 3.51. The van der Waals surface area contributed by atoms with E-state index in [0.717, 1.165) is 37.2 Å². The van der Waals surface area contributed by atoms with Gasteiger partial charge in [-0.05, 0) is 31.4 Å². The summed E-state index contributed by atoms with van der Waals surface area (Å²) in [6, 6.07) is 19.2. The zero-order valence-electron chi connectivity index (χ0n) is 16.5. The number of anilines is 3. The average molecular weight is 388 g/mol. The van der Waals surface area contributed by atoms with Crippen molar-refractivity contribution in [3.8, 4) is 11.3 Å². The van der Waals surface area contributed by atoms with Gasteiger partial charge < -0.3 is 15.0 Å². The van der Waals surface area contributed by atoms with Crippen LogP contribution in [0.15, 0.2) is 60.7 Å². The topological polar surface area (TPSA) is 67.3 Å². The molecular weight excluding hydrogens is 364 g/mol. The van der Waals surface area contributed by atoms with E-state index in [-0.39, 0.29) is 5.97 Å². The Labute approximate surface area is 170 Å². The minimum Gasteiger partial charge on any atom is -0.465 e. The highest BCUT2D eigenvalue weighted by molar-refractivity contribution is 5.96. The van der Waals surface area contributed by atoms with E-state index in [1.54, 1.807) is 6.07 Å². The molecule has 2 aromatic carbocycles. The van der Waals surface area contributed by atoms with E-state index < -0.39 is 0 Å². The molecule has 0 spiro atoms. The Morgan fingerprint density at radius 1 is 0.966 bits per heavy atom. The number of ether oxygens (including phenoxy) is 1. The summed E-state index contributed by atoms with van der Waals surface area (Å²) in [6.45, 7) is 1.91. The van der Waals surface area contributed by atoms with Gasteiger partial charge in [-0.15, -0.1) is 0 Å². The molecule has 3 aromatic rings. The Kier molecular flexibility index (Phi) is 5.70. The third-order valence-corrected chi connectivity index (χ3v) is 5.02. The lowest BCUT2D eigenvalue weighted by atomic mass is 10.1. The monoisotopic (exact) mass is 388 g/mol. The molecule has 6 nitrogen and oxygen atoms in total. The number of hydrogen-bond acceptors (Lipinski definition) is 6. The van der Waals surface area contributed by atoms with Crippen molar-refractivity contribution in [2.24, 2.45) is 0 Å². The molecule has 0 aliphatic carbocycles. The second-order valence-corrected chi connectivity index (χ2v) is 7.01. The van der Waals surface area contributed by atoms with Crippen molar-refractivity contribution in [2.75, 3.05) is 30.4 Å². The summed E-state index contributed by atoms with van der Waals surface area (Å²) in [5, 5.41) is 3.30. The molecule has 1 aliphatic rings. The molecule has 0 amide bonds. The molecule has 1 aliphatic heterocycles. The molecule has 0 saturated carbocycles. The fourth-order valence-corrected chi connectivity index (χ4v) is 3.51. The van der Waals surface area contributed by atoms with Gasteiger partial charge in [0, 0.05) is 24.7 Å². The van der Waals surface area contributed by atoms with E-state index in [0.29, 0.717) is 23.0 Å². The summed E-state index contributed by atoms with van der Waals surface area (Å²) < 4.78 is 4.91. The predicted molar refractivity (Wildman–Crippen MR) is 115 cm³/mol. The lowest BCUT2D eigenvalue weighted by Gasteiger charge is -2.27. The first-order chi connectivity index (χ1) is 14.2. The number of methoxy groups -OCH3 is 1. The first-order valence-electron chi connectivity index (χ1n) is 9.88. The number of esters is 1. The van der Waals surface area contributed by atoms with Crippen LogP contribution >= 0.6 is 0 Å². The third-order valence-electron chi connectivity index (χ3n) is 5.02. The van der Waals surface area contributed by atoms with Crippen molar-refractivity contribution in [1.82, 2.24) is 9.97 Å². The van der Waals surface area contributed by atoms with Gasteiger partial charge in [0.25, 0.3) is 0 Å². The number of hydrogen-bond donors (Lipinski definition) is 1. The molecule has 1 fully saturated rings. The molecule has 6 heteroatoms. The minimum absolute atomic E-state index is 0.387. The van der Waals surface area contributed by atoms with Gasteiger partial charge in [0.1, 0.15) is 5.82 Å². The summed E-state index contributed by atoms with van der Waals surface area (Å²) in [4.78, 5) is 23.9. The molecule has 1 N–H and O–H groups in total. The van der Waals surface area contributed by atoms with Crippen molar-refractivity contribution in [2.45, 2.75) is 19.3 Å². The molecule has 148 valence electrons. The molecule has 0 unspecified atom stereocenters. The summed E-state index contributed by atoms with van der Waals surface area (Å²) in [5.74, 6) is 0.974. The molecule has 1 aromatic heterocycles. The van der Waals surface area contributed by atoms with Gasteiger partial charge >= 0.3 is 5.97 Å².